The molecule has 0 spiro atoms. The Balaban J connectivity index is 2.22. The van der Waals surface area contributed by atoms with E-state index in [1.807, 2.05) is 0 Å². The van der Waals surface area contributed by atoms with Gasteiger partial charge in [-0.1, -0.05) is 40.9 Å². The maximum Gasteiger partial charge on any atom is 0.139 e. The summed E-state index contributed by atoms with van der Waals surface area (Å²) in [4.78, 5) is 0. The first-order valence-corrected chi connectivity index (χ1v) is 6.42. The van der Waals surface area contributed by atoms with E-state index in [4.69, 9.17) is 45.3 Å². The molecule has 0 bridgehead atoms. The van der Waals surface area contributed by atoms with Gasteiger partial charge in [0, 0.05) is 17.3 Å². The Bertz CT molecular complexity index is 599. The molecule has 0 aromatic heterocycles. The van der Waals surface area contributed by atoms with Gasteiger partial charge < -0.3 is 10.5 Å². The minimum Gasteiger partial charge on any atom is -0.487 e. The van der Waals surface area contributed by atoms with Gasteiger partial charge in [-0.15, -0.1) is 0 Å². The Morgan fingerprint density at radius 2 is 1.74 bits per heavy atom. The Kier molecular flexibility index (Phi) is 4.40. The minimum atomic E-state index is -0.434. The smallest absolute Gasteiger partial charge is 0.139 e. The first-order chi connectivity index (χ1) is 8.99. The standard InChI is InChI=1S/C13H9Cl3FNO/c14-8-4-10(16)13(5-9(8)15)19-6-7-11(17)2-1-3-12(7)18/h1-5H,6,18H2. The van der Waals surface area contributed by atoms with Crippen molar-refractivity contribution in [2.45, 2.75) is 6.61 Å². The van der Waals surface area contributed by atoms with Crippen LogP contribution in [-0.4, -0.2) is 0 Å². The summed E-state index contributed by atoms with van der Waals surface area (Å²) in [6.45, 7) is -0.0454. The van der Waals surface area contributed by atoms with Gasteiger partial charge in [-0.25, -0.2) is 4.39 Å². The van der Waals surface area contributed by atoms with Crippen LogP contribution >= 0.6 is 34.8 Å². The number of hydrogen-bond acceptors (Lipinski definition) is 2. The summed E-state index contributed by atoms with van der Waals surface area (Å²) in [6.07, 6.45) is 0. The number of benzene rings is 2. The molecule has 0 unspecified atom stereocenters. The highest BCUT2D eigenvalue weighted by molar-refractivity contribution is 6.43. The summed E-state index contributed by atoms with van der Waals surface area (Å²) < 4.78 is 19.0. The second kappa shape index (κ2) is 5.87. The van der Waals surface area contributed by atoms with Crippen LogP contribution in [0.3, 0.4) is 0 Å². The highest BCUT2D eigenvalue weighted by Crippen LogP contribution is 2.34. The van der Waals surface area contributed by atoms with Gasteiger partial charge >= 0.3 is 0 Å². The van der Waals surface area contributed by atoms with Gasteiger partial charge in [0.2, 0.25) is 0 Å². The zero-order chi connectivity index (χ0) is 14.0. The van der Waals surface area contributed by atoms with Gasteiger partial charge in [-0.3, -0.25) is 0 Å². The summed E-state index contributed by atoms with van der Waals surface area (Å²) in [6, 6.07) is 7.37. The third kappa shape index (κ3) is 3.24. The Hall–Kier alpha value is -1.16. The van der Waals surface area contributed by atoms with E-state index in [9.17, 15) is 4.39 Å². The summed E-state index contributed by atoms with van der Waals surface area (Å²) >= 11 is 17.6. The third-order valence-electron chi connectivity index (χ3n) is 2.50. The molecule has 2 aromatic rings. The molecule has 0 aliphatic heterocycles. The van der Waals surface area contributed by atoms with Crippen molar-refractivity contribution in [1.82, 2.24) is 0 Å². The largest absolute Gasteiger partial charge is 0.487 e. The lowest BCUT2D eigenvalue weighted by molar-refractivity contribution is 0.301. The van der Waals surface area contributed by atoms with Crippen LogP contribution < -0.4 is 10.5 Å². The van der Waals surface area contributed by atoms with E-state index in [1.54, 1.807) is 6.07 Å². The summed E-state index contributed by atoms with van der Waals surface area (Å²) in [5.41, 5.74) is 6.26. The Labute approximate surface area is 124 Å². The second-order valence-electron chi connectivity index (χ2n) is 3.79. The van der Waals surface area contributed by atoms with Gasteiger partial charge in [-0.05, 0) is 18.2 Å². The van der Waals surface area contributed by atoms with Crippen molar-refractivity contribution in [3.05, 3.63) is 56.8 Å². The molecule has 0 aliphatic carbocycles. The van der Waals surface area contributed by atoms with Crippen LogP contribution in [0.15, 0.2) is 30.3 Å². The van der Waals surface area contributed by atoms with E-state index >= 15 is 0 Å². The van der Waals surface area contributed by atoms with Gasteiger partial charge in [0.1, 0.15) is 18.2 Å². The Morgan fingerprint density at radius 3 is 2.42 bits per heavy atom. The topological polar surface area (TPSA) is 35.2 Å². The van der Waals surface area contributed by atoms with E-state index in [0.717, 1.165) is 0 Å². The number of rotatable bonds is 3. The molecular formula is C13H9Cl3FNO. The predicted octanol–water partition coefficient (Wildman–Crippen LogP) is 4.95. The lowest BCUT2D eigenvalue weighted by Crippen LogP contribution is -2.03. The molecule has 0 aliphatic rings. The fraction of sp³-hybridized carbons (Fsp3) is 0.0769. The molecule has 2 rings (SSSR count). The average Bonchev–Trinajstić information content (AvgIpc) is 2.34. The van der Waals surface area contributed by atoms with Crippen molar-refractivity contribution >= 4 is 40.5 Å². The van der Waals surface area contributed by atoms with Gasteiger partial charge in [0.25, 0.3) is 0 Å². The van der Waals surface area contributed by atoms with Gasteiger partial charge in [0.05, 0.1) is 15.1 Å². The molecule has 0 saturated carbocycles. The summed E-state index contributed by atoms with van der Waals surface area (Å²) in [5.74, 6) is -0.116. The number of ether oxygens (including phenoxy) is 1. The number of anilines is 1. The molecule has 2 aromatic carbocycles. The Morgan fingerprint density at radius 1 is 1.05 bits per heavy atom. The molecule has 0 fully saturated rings. The van der Waals surface area contributed by atoms with E-state index in [0.29, 0.717) is 26.5 Å². The molecule has 0 radical (unpaired) electrons. The lowest BCUT2D eigenvalue weighted by atomic mass is 10.2. The maximum atomic E-state index is 13.6. The number of nitrogen functional groups attached to an aromatic ring is 1. The summed E-state index contributed by atoms with van der Waals surface area (Å²) in [5, 5.41) is 0.927. The molecule has 2 N–H and O–H groups in total. The van der Waals surface area contributed by atoms with Crippen molar-refractivity contribution in [2.75, 3.05) is 5.73 Å². The van der Waals surface area contributed by atoms with Crippen molar-refractivity contribution in [1.29, 1.82) is 0 Å². The minimum absolute atomic E-state index is 0.0454. The molecule has 6 heteroatoms. The quantitative estimate of drug-likeness (QED) is 0.641. The SMILES string of the molecule is Nc1cccc(F)c1COc1cc(Cl)c(Cl)cc1Cl. The van der Waals surface area contributed by atoms with Crippen molar-refractivity contribution in [2.24, 2.45) is 0 Å². The summed E-state index contributed by atoms with van der Waals surface area (Å²) in [7, 11) is 0. The van der Waals surface area contributed by atoms with E-state index in [1.165, 1.54) is 24.3 Å². The van der Waals surface area contributed by atoms with Crippen LogP contribution in [0.4, 0.5) is 10.1 Å². The van der Waals surface area contributed by atoms with Gasteiger partial charge in [0.15, 0.2) is 0 Å². The van der Waals surface area contributed by atoms with Crippen molar-refractivity contribution in [3.63, 3.8) is 0 Å². The molecule has 0 amide bonds. The fourth-order valence-corrected chi connectivity index (χ4v) is 2.08. The fourth-order valence-electron chi connectivity index (χ4n) is 1.49. The van der Waals surface area contributed by atoms with Gasteiger partial charge in [-0.2, -0.15) is 0 Å². The van der Waals surface area contributed by atoms with Crippen LogP contribution in [0, 0.1) is 5.82 Å². The van der Waals surface area contributed by atoms with Crippen LogP contribution in [0.25, 0.3) is 0 Å². The molecule has 2 nitrogen and oxygen atoms in total. The van der Waals surface area contributed by atoms with Crippen LogP contribution in [-0.2, 0) is 6.61 Å². The lowest BCUT2D eigenvalue weighted by Gasteiger charge is -2.11. The highest BCUT2D eigenvalue weighted by Gasteiger charge is 2.10. The predicted molar refractivity (Wildman–Crippen MR) is 76.6 cm³/mol. The first kappa shape index (κ1) is 14.3. The van der Waals surface area contributed by atoms with Crippen LogP contribution in [0.1, 0.15) is 5.56 Å². The van der Waals surface area contributed by atoms with Crippen molar-refractivity contribution in [3.8, 4) is 5.75 Å². The van der Waals surface area contributed by atoms with Crippen LogP contribution in [0.5, 0.6) is 5.75 Å². The zero-order valence-electron chi connectivity index (χ0n) is 9.59. The highest BCUT2D eigenvalue weighted by atomic mass is 35.5. The number of halogens is 4. The normalized spacial score (nSPS) is 10.5. The third-order valence-corrected chi connectivity index (χ3v) is 3.52. The molecule has 19 heavy (non-hydrogen) atoms. The van der Waals surface area contributed by atoms with E-state index < -0.39 is 5.82 Å². The molecule has 100 valence electrons. The molecule has 0 atom stereocenters. The van der Waals surface area contributed by atoms with E-state index in [2.05, 4.69) is 0 Å². The monoisotopic (exact) mass is 319 g/mol. The first-order valence-electron chi connectivity index (χ1n) is 5.29. The number of hydrogen-bond donors (Lipinski definition) is 1. The molecule has 0 heterocycles. The average molecular weight is 321 g/mol. The van der Waals surface area contributed by atoms with E-state index in [-0.39, 0.29) is 12.2 Å². The molecular weight excluding hydrogens is 312 g/mol. The van der Waals surface area contributed by atoms with Crippen molar-refractivity contribution < 1.29 is 9.13 Å². The van der Waals surface area contributed by atoms with Crippen LogP contribution in [0.2, 0.25) is 15.1 Å². The number of nitrogens with two attached hydrogens (primary N) is 1. The molecule has 0 saturated heterocycles. The maximum absolute atomic E-state index is 13.6. The second-order valence-corrected chi connectivity index (χ2v) is 5.01. The zero-order valence-corrected chi connectivity index (χ0v) is 11.9.